The molecule has 0 saturated carbocycles. The molecule has 0 bridgehead atoms. The summed E-state index contributed by atoms with van der Waals surface area (Å²) < 4.78 is 21.4. The SMILES string of the molecule is CCNC(C)CCS(C)(=O)=O. The van der Waals surface area contributed by atoms with Crippen LogP contribution in [0, 0.1) is 0 Å². The van der Waals surface area contributed by atoms with Gasteiger partial charge in [0, 0.05) is 12.3 Å². The van der Waals surface area contributed by atoms with Gasteiger partial charge in [0.25, 0.3) is 0 Å². The first kappa shape index (κ1) is 10.9. The van der Waals surface area contributed by atoms with Crippen LogP contribution >= 0.6 is 0 Å². The largest absolute Gasteiger partial charge is 0.314 e. The van der Waals surface area contributed by atoms with Gasteiger partial charge in [-0.25, -0.2) is 8.42 Å². The number of hydrogen-bond donors (Lipinski definition) is 1. The maximum atomic E-state index is 10.7. The predicted octanol–water partition coefficient (Wildman–Crippen LogP) is 0.419. The summed E-state index contributed by atoms with van der Waals surface area (Å²) in [6.07, 6.45) is 1.97. The van der Waals surface area contributed by atoms with Gasteiger partial charge in [-0.05, 0) is 19.9 Å². The van der Waals surface area contributed by atoms with E-state index in [0.29, 0.717) is 12.5 Å². The summed E-state index contributed by atoms with van der Waals surface area (Å²) in [5.74, 6) is 0.279. The minimum atomic E-state index is -2.78. The average molecular weight is 179 g/mol. The molecule has 0 heterocycles. The molecule has 1 atom stereocenters. The lowest BCUT2D eigenvalue weighted by atomic mass is 10.3. The summed E-state index contributed by atoms with van der Waals surface area (Å²) in [4.78, 5) is 0. The lowest BCUT2D eigenvalue weighted by molar-refractivity contribution is 0.543. The second-order valence-electron chi connectivity index (χ2n) is 2.88. The van der Waals surface area contributed by atoms with Crippen molar-refractivity contribution in [2.75, 3.05) is 18.6 Å². The second kappa shape index (κ2) is 4.72. The first-order chi connectivity index (χ1) is 4.95. The van der Waals surface area contributed by atoms with Crippen molar-refractivity contribution < 1.29 is 8.42 Å². The highest BCUT2D eigenvalue weighted by molar-refractivity contribution is 7.90. The van der Waals surface area contributed by atoms with Gasteiger partial charge < -0.3 is 5.32 Å². The van der Waals surface area contributed by atoms with E-state index in [9.17, 15) is 8.42 Å². The van der Waals surface area contributed by atoms with Crippen LogP contribution < -0.4 is 5.32 Å². The first-order valence-electron chi connectivity index (χ1n) is 3.87. The van der Waals surface area contributed by atoms with E-state index in [1.165, 1.54) is 6.26 Å². The molecule has 11 heavy (non-hydrogen) atoms. The third-order valence-electron chi connectivity index (χ3n) is 1.47. The molecule has 0 amide bonds. The molecular formula is C7H17NO2S. The zero-order chi connectivity index (χ0) is 8.91. The van der Waals surface area contributed by atoms with Crippen LogP contribution in [0.4, 0.5) is 0 Å². The molecule has 0 aromatic heterocycles. The van der Waals surface area contributed by atoms with E-state index in [4.69, 9.17) is 0 Å². The van der Waals surface area contributed by atoms with Crippen molar-refractivity contribution in [2.45, 2.75) is 26.3 Å². The Bertz CT molecular complexity index is 187. The van der Waals surface area contributed by atoms with Crippen molar-refractivity contribution in [2.24, 2.45) is 0 Å². The van der Waals surface area contributed by atoms with Gasteiger partial charge in [0.15, 0.2) is 0 Å². The summed E-state index contributed by atoms with van der Waals surface area (Å²) >= 11 is 0. The van der Waals surface area contributed by atoms with Crippen LogP contribution in [0.5, 0.6) is 0 Å². The van der Waals surface area contributed by atoms with Crippen molar-refractivity contribution in [1.82, 2.24) is 5.32 Å². The Morgan fingerprint density at radius 3 is 2.36 bits per heavy atom. The fourth-order valence-corrected chi connectivity index (χ4v) is 1.62. The molecule has 0 aromatic carbocycles. The standard InChI is InChI=1S/C7H17NO2S/c1-4-8-7(2)5-6-11(3,9)10/h7-8H,4-6H2,1-3H3. The Balaban J connectivity index is 3.54. The minimum absolute atomic E-state index is 0.279. The Hall–Kier alpha value is -0.0900. The van der Waals surface area contributed by atoms with Crippen molar-refractivity contribution in [3.8, 4) is 0 Å². The van der Waals surface area contributed by atoms with Gasteiger partial charge >= 0.3 is 0 Å². The van der Waals surface area contributed by atoms with E-state index in [0.717, 1.165) is 6.54 Å². The molecule has 68 valence electrons. The lowest BCUT2D eigenvalue weighted by Gasteiger charge is -2.10. The summed E-state index contributed by atoms with van der Waals surface area (Å²) in [7, 11) is -2.78. The van der Waals surface area contributed by atoms with Gasteiger partial charge in [0.2, 0.25) is 0 Å². The Morgan fingerprint density at radius 2 is 2.00 bits per heavy atom. The normalized spacial score (nSPS) is 14.8. The van der Waals surface area contributed by atoms with Crippen LogP contribution in [0.1, 0.15) is 20.3 Å². The van der Waals surface area contributed by atoms with E-state index in [-0.39, 0.29) is 5.75 Å². The van der Waals surface area contributed by atoms with Gasteiger partial charge in [-0.1, -0.05) is 6.92 Å². The molecule has 1 unspecified atom stereocenters. The van der Waals surface area contributed by atoms with E-state index >= 15 is 0 Å². The van der Waals surface area contributed by atoms with E-state index < -0.39 is 9.84 Å². The van der Waals surface area contributed by atoms with Crippen molar-refractivity contribution in [3.05, 3.63) is 0 Å². The molecule has 0 aliphatic rings. The van der Waals surface area contributed by atoms with E-state index in [2.05, 4.69) is 5.32 Å². The van der Waals surface area contributed by atoms with Crippen LogP contribution in [-0.2, 0) is 9.84 Å². The van der Waals surface area contributed by atoms with Gasteiger partial charge in [0.05, 0.1) is 5.75 Å². The van der Waals surface area contributed by atoms with Crippen molar-refractivity contribution in [1.29, 1.82) is 0 Å². The third kappa shape index (κ3) is 7.81. The first-order valence-corrected chi connectivity index (χ1v) is 5.93. The predicted molar refractivity (Wildman–Crippen MR) is 47.5 cm³/mol. The molecule has 4 heteroatoms. The summed E-state index contributed by atoms with van der Waals surface area (Å²) in [5, 5.41) is 3.15. The Morgan fingerprint density at radius 1 is 1.45 bits per heavy atom. The van der Waals surface area contributed by atoms with Crippen LogP contribution in [0.3, 0.4) is 0 Å². The van der Waals surface area contributed by atoms with E-state index in [1.54, 1.807) is 0 Å². The number of nitrogens with one attached hydrogen (secondary N) is 1. The molecule has 1 N–H and O–H groups in total. The lowest BCUT2D eigenvalue weighted by Crippen LogP contribution is -2.27. The van der Waals surface area contributed by atoms with Crippen LogP contribution in [0.2, 0.25) is 0 Å². The number of sulfone groups is 1. The minimum Gasteiger partial charge on any atom is -0.314 e. The fourth-order valence-electron chi connectivity index (χ4n) is 0.841. The highest BCUT2D eigenvalue weighted by atomic mass is 32.2. The van der Waals surface area contributed by atoms with Gasteiger partial charge in [-0.2, -0.15) is 0 Å². The fraction of sp³-hybridized carbons (Fsp3) is 1.00. The highest BCUT2D eigenvalue weighted by Gasteiger charge is 2.05. The van der Waals surface area contributed by atoms with Crippen molar-refractivity contribution >= 4 is 9.84 Å². The molecule has 0 aliphatic heterocycles. The summed E-state index contributed by atoms with van der Waals surface area (Å²) in [6.45, 7) is 4.90. The molecule has 0 radical (unpaired) electrons. The molecule has 0 rings (SSSR count). The maximum Gasteiger partial charge on any atom is 0.147 e. The zero-order valence-corrected chi connectivity index (χ0v) is 8.24. The monoisotopic (exact) mass is 179 g/mol. The quantitative estimate of drug-likeness (QED) is 0.665. The number of rotatable bonds is 5. The van der Waals surface area contributed by atoms with Crippen LogP contribution in [-0.4, -0.2) is 33.0 Å². The topological polar surface area (TPSA) is 46.2 Å². The Labute approximate surface area is 69.1 Å². The molecule has 0 aliphatic carbocycles. The molecule has 3 nitrogen and oxygen atoms in total. The smallest absolute Gasteiger partial charge is 0.147 e. The molecule has 0 fully saturated rings. The molecule has 0 saturated heterocycles. The molecule has 0 aromatic rings. The Kier molecular flexibility index (Phi) is 4.68. The number of hydrogen-bond acceptors (Lipinski definition) is 3. The summed E-state index contributed by atoms with van der Waals surface area (Å²) in [6, 6.07) is 0.301. The van der Waals surface area contributed by atoms with Gasteiger partial charge in [-0.15, -0.1) is 0 Å². The average Bonchev–Trinajstić information content (AvgIpc) is 1.83. The van der Waals surface area contributed by atoms with Gasteiger partial charge in [-0.3, -0.25) is 0 Å². The third-order valence-corrected chi connectivity index (χ3v) is 2.45. The molecular weight excluding hydrogens is 162 g/mol. The maximum absolute atomic E-state index is 10.7. The zero-order valence-electron chi connectivity index (χ0n) is 7.42. The highest BCUT2D eigenvalue weighted by Crippen LogP contribution is 1.94. The van der Waals surface area contributed by atoms with Crippen molar-refractivity contribution in [3.63, 3.8) is 0 Å². The second-order valence-corrected chi connectivity index (χ2v) is 5.14. The van der Waals surface area contributed by atoms with E-state index in [1.807, 2.05) is 13.8 Å². The van der Waals surface area contributed by atoms with Gasteiger partial charge in [0.1, 0.15) is 9.84 Å². The van der Waals surface area contributed by atoms with Crippen LogP contribution in [0.15, 0.2) is 0 Å². The molecule has 0 spiro atoms. The van der Waals surface area contributed by atoms with Crippen LogP contribution in [0.25, 0.3) is 0 Å². The summed E-state index contributed by atoms with van der Waals surface area (Å²) in [5.41, 5.74) is 0.